The Labute approximate surface area is 133 Å². The van der Waals surface area contributed by atoms with E-state index in [9.17, 15) is 0 Å². The third kappa shape index (κ3) is 4.29. The monoisotopic (exact) mass is 310 g/mol. The van der Waals surface area contributed by atoms with E-state index in [1.165, 1.54) is 17.5 Å². The van der Waals surface area contributed by atoms with Gasteiger partial charge in [0.25, 0.3) is 0 Å². The second-order valence-electron chi connectivity index (χ2n) is 6.04. The number of hydrogen-bond acceptors (Lipinski definition) is 2. The maximum atomic E-state index is 6.61. The SMILES string of the molecule is CCCOc1cc2c(cc1OCCC)C(Cl)CC(C)CC2. The Balaban J connectivity index is 2.32. The zero-order chi connectivity index (χ0) is 15.2. The molecule has 0 amide bonds. The maximum absolute atomic E-state index is 6.61. The van der Waals surface area contributed by atoms with Gasteiger partial charge in [-0.15, -0.1) is 11.6 Å². The zero-order valence-electron chi connectivity index (χ0n) is 13.5. The van der Waals surface area contributed by atoms with E-state index in [4.69, 9.17) is 21.1 Å². The number of fused-ring (bicyclic) bond motifs is 1. The second-order valence-corrected chi connectivity index (χ2v) is 6.57. The number of halogens is 1. The van der Waals surface area contributed by atoms with Crippen LogP contribution in [0, 0.1) is 5.92 Å². The number of aryl methyl sites for hydroxylation is 1. The summed E-state index contributed by atoms with van der Waals surface area (Å²) in [6.07, 6.45) is 5.30. The van der Waals surface area contributed by atoms with Gasteiger partial charge in [-0.3, -0.25) is 0 Å². The predicted octanol–water partition coefficient (Wildman–Crippen LogP) is 5.52. The summed E-state index contributed by atoms with van der Waals surface area (Å²) in [7, 11) is 0. The lowest BCUT2D eigenvalue weighted by molar-refractivity contribution is 0.268. The van der Waals surface area contributed by atoms with Gasteiger partial charge in [0.15, 0.2) is 11.5 Å². The van der Waals surface area contributed by atoms with Crippen molar-refractivity contribution in [2.45, 2.75) is 58.3 Å². The highest BCUT2D eigenvalue weighted by Gasteiger charge is 2.23. The van der Waals surface area contributed by atoms with Gasteiger partial charge in [0.05, 0.1) is 18.6 Å². The Bertz CT molecular complexity index is 459. The fourth-order valence-corrected chi connectivity index (χ4v) is 3.28. The molecule has 0 spiro atoms. The highest BCUT2D eigenvalue weighted by atomic mass is 35.5. The van der Waals surface area contributed by atoms with Gasteiger partial charge in [-0.2, -0.15) is 0 Å². The minimum absolute atomic E-state index is 0.0849. The Morgan fingerprint density at radius 3 is 2.33 bits per heavy atom. The largest absolute Gasteiger partial charge is 0.490 e. The Kier molecular flexibility index (Phi) is 6.22. The van der Waals surface area contributed by atoms with Crippen LogP contribution in [0.3, 0.4) is 0 Å². The summed E-state index contributed by atoms with van der Waals surface area (Å²) in [4.78, 5) is 0. The van der Waals surface area contributed by atoms with Crippen molar-refractivity contribution in [3.63, 3.8) is 0 Å². The quantitative estimate of drug-likeness (QED) is 0.509. The van der Waals surface area contributed by atoms with Gasteiger partial charge >= 0.3 is 0 Å². The zero-order valence-corrected chi connectivity index (χ0v) is 14.2. The van der Waals surface area contributed by atoms with Crippen molar-refractivity contribution in [3.05, 3.63) is 23.3 Å². The van der Waals surface area contributed by atoms with E-state index in [2.05, 4.69) is 32.9 Å². The van der Waals surface area contributed by atoms with Gasteiger partial charge in [0.1, 0.15) is 0 Å². The summed E-state index contributed by atoms with van der Waals surface area (Å²) in [6, 6.07) is 4.27. The molecular weight excluding hydrogens is 284 g/mol. The van der Waals surface area contributed by atoms with Crippen LogP contribution in [0.15, 0.2) is 12.1 Å². The number of rotatable bonds is 6. The highest BCUT2D eigenvalue weighted by Crippen LogP contribution is 2.41. The van der Waals surface area contributed by atoms with Crippen LogP contribution in [0.5, 0.6) is 11.5 Å². The first-order chi connectivity index (χ1) is 10.2. The van der Waals surface area contributed by atoms with Gasteiger partial charge in [-0.05, 0) is 61.3 Å². The van der Waals surface area contributed by atoms with E-state index in [0.717, 1.165) is 43.8 Å². The summed E-state index contributed by atoms with van der Waals surface area (Å²) in [5.74, 6) is 2.40. The van der Waals surface area contributed by atoms with Crippen LogP contribution < -0.4 is 9.47 Å². The molecule has 3 heteroatoms. The van der Waals surface area contributed by atoms with Crippen molar-refractivity contribution < 1.29 is 9.47 Å². The molecule has 1 aromatic carbocycles. The average molecular weight is 311 g/mol. The van der Waals surface area contributed by atoms with Crippen molar-refractivity contribution >= 4 is 11.6 Å². The second kappa shape index (κ2) is 7.93. The summed E-state index contributed by atoms with van der Waals surface area (Å²) < 4.78 is 11.8. The molecule has 2 rings (SSSR count). The molecule has 2 atom stereocenters. The normalized spacial score (nSPS) is 21.5. The fourth-order valence-electron chi connectivity index (χ4n) is 2.78. The molecule has 21 heavy (non-hydrogen) atoms. The van der Waals surface area contributed by atoms with Crippen LogP contribution >= 0.6 is 11.6 Å². The van der Waals surface area contributed by atoms with Crippen LogP contribution in [-0.4, -0.2) is 13.2 Å². The standard InChI is InChI=1S/C18H27ClO2/c1-4-8-20-17-11-14-7-6-13(3)10-16(19)15(14)12-18(17)21-9-5-2/h11-13,16H,4-10H2,1-3H3. The molecule has 0 radical (unpaired) electrons. The molecule has 0 heterocycles. The molecular formula is C18H27ClO2. The van der Waals surface area contributed by atoms with E-state index < -0.39 is 0 Å². The van der Waals surface area contributed by atoms with Gasteiger partial charge in [-0.25, -0.2) is 0 Å². The minimum atomic E-state index is 0.0849. The number of alkyl halides is 1. The van der Waals surface area contributed by atoms with Crippen molar-refractivity contribution in [2.24, 2.45) is 5.92 Å². The summed E-state index contributed by atoms with van der Waals surface area (Å²) >= 11 is 6.61. The van der Waals surface area contributed by atoms with Crippen LogP contribution in [0.4, 0.5) is 0 Å². The van der Waals surface area contributed by atoms with E-state index in [-0.39, 0.29) is 5.38 Å². The molecule has 1 aromatic rings. The maximum Gasteiger partial charge on any atom is 0.161 e. The topological polar surface area (TPSA) is 18.5 Å². The third-order valence-electron chi connectivity index (χ3n) is 3.98. The predicted molar refractivity (Wildman–Crippen MR) is 88.7 cm³/mol. The summed E-state index contributed by atoms with van der Waals surface area (Å²) in [6.45, 7) is 7.95. The lowest BCUT2D eigenvalue weighted by Gasteiger charge is -2.18. The van der Waals surface area contributed by atoms with E-state index in [1.807, 2.05) is 0 Å². The van der Waals surface area contributed by atoms with Gasteiger partial charge in [-0.1, -0.05) is 20.8 Å². The van der Waals surface area contributed by atoms with E-state index in [0.29, 0.717) is 12.5 Å². The molecule has 1 aliphatic rings. The van der Waals surface area contributed by atoms with Crippen LogP contribution in [0.2, 0.25) is 0 Å². The molecule has 1 aliphatic carbocycles. The lowest BCUT2D eigenvalue weighted by Crippen LogP contribution is -2.04. The first-order valence-corrected chi connectivity index (χ1v) is 8.65. The molecule has 0 saturated carbocycles. The van der Waals surface area contributed by atoms with Gasteiger partial charge < -0.3 is 9.47 Å². The van der Waals surface area contributed by atoms with Gasteiger partial charge in [0.2, 0.25) is 0 Å². The Hall–Kier alpha value is -0.890. The van der Waals surface area contributed by atoms with Crippen molar-refractivity contribution in [3.8, 4) is 11.5 Å². The fraction of sp³-hybridized carbons (Fsp3) is 0.667. The minimum Gasteiger partial charge on any atom is -0.490 e. The van der Waals surface area contributed by atoms with E-state index in [1.54, 1.807) is 0 Å². The summed E-state index contributed by atoms with van der Waals surface area (Å²) in [5, 5.41) is 0.0849. The van der Waals surface area contributed by atoms with Crippen LogP contribution in [0.1, 0.15) is 63.0 Å². The molecule has 0 saturated heterocycles. The first kappa shape index (κ1) is 16.5. The van der Waals surface area contributed by atoms with Crippen LogP contribution in [0.25, 0.3) is 0 Å². The molecule has 0 bridgehead atoms. The lowest BCUT2D eigenvalue weighted by atomic mass is 10.0. The summed E-state index contributed by atoms with van der Waals surface area (Å²) in [5.41, 5.74) is 2.56. The average Bonchev–Trinajstić information content (AvgIpc) is 2.61. The van der Waals surface area contributed by atoms with Crippen molar-refractivity contribution in [2.75, 3.05) is 13.2 Å². The Morgan fingerprint density at radius 2 is 1.71 bits per heavy atom. The molecule has 118 valence electrons. The molecule has 0 fully saturated rings. The molecule has 2 unspecified atom stereocenters. The number of benzene rings is 1. The Morgan fingerprint density at radius 1 is 1.10 bits per heavy atom. The molecule has 0 N–H and O–H groups in total. The van der Waals surface area contributed by atoms with E-state index >= 15 is 0 Å². The third-order valence-corrected chi connectivity index (χ3v) is 4.40. The van der Waals surface area contributed by atoms with Crippen LogP contribution in [-0.2, 0) is 6.42 Å². The number of hydrogen-bond donors (Lipinski definition) is 0. The van der Waals surface area contributed by atoms with Crippen molar-refractivity contribution in [1.82, 2.24) is 0 Å². The smallest absolute Gasteiger partial charge is 0.161 e. The van der Waals surface area contributed by atoms with Crippen molar-refractivity contribution in [1.29, 1.82) is 0 Å². The molecule has 2 nitrogen and oxygen atoms in total. The highest BCUT2D eigenvalue weighted by molar-refractivity contribution is 6.21. The number of ether oxygens (including phenoxy) is 2. The molecule has 0 aliphatic heterocycles. The van der Waals surface area contributed by atoms with Gasteiger partial charge in [0, 0.05) is 0 Å². The first-order valence-electron chi connectivity index (χ1n) is 8.22. The molecule has 0 aromatic heterocycles.